The van der Waals surface area contributed by atoms with Gasteiger partial charge in [-0.3, -0.25) is 9.59 Å². The van der Waals surface area contributed by atoms with Crippen molar-refractivity contribution in [2.45, 2.75) is 20.3 Å². The maximum absolute atomic E-state index is 12.6. The number of halogens is 1. The third-order valence-electron chi connectivity index (χ3n) is 4.44. The minimum atomic E-state index is -0.406. The molecule has 5 nitrogen and oxygen atoms in total. The number of rotatable bonds is 5. The normalized spacial score (nSPS) is 16.7. The van der Waals surface area contributed by atoms with Gasteiger partial charge < -0.3 is 15.0 Å². The lowest BCUT2D eigenvalue weighted by Gasteiger charge is -2.19. The summed E-state index contributed by atoms with van der Waals surface area (Å²) in [5.74, 6) is 0.0494. The molecular formula is C20H21ClN2O3. The fraction of sp³-hybridized carbons (Fsp3) is 0.300. The molecule has 0 radical (unpaired) electrons. The van der Waals surface area contributed by atoms with Crippen LogP contribution in [0.1, 0.15) is 18.9 Å². The van der Waals surface area contributed by atoms with Crippen LogP contribution in [0, 0.1) is 12.8 Å². The van der Waals surface area contributed by atoms with Crippen LogP contribution in [0.25, 0.3) is 0 Å². The molecule has 26 heavy (non-hydrogen) atoms. The fourth-order valence-electron chi connectivity index (χ4n) is 3.08. The van der Waals surface area contributed by atoms with Crippen molar-refractivity contribution in [1.29, 1.82) is 0 Å². The quantitative estimate of drug-likeness (QED) is 0.861. The van der Waals surface area contributed by atoms with Crippen LogP contribution in [0.5, 0.6) is 5.75 Å². The van der Waals surface area contributed by atoms with Crippen LogP contribution in [0.15, 0.2) is 42.5 Å². The highest BCUT2D eigenvalue weighted by Gasteiger charge is 2.35. The predicted molar refractivity (Wildman–Crippen MR) is 103 cm³/mol. The Morgan fingerprint density at radius 1 is 1.31 bits per heavy atom. The standard InChI is InChI=1S/C20H21ClN2O3/c1-3-26-16-7-4-6-15(11-16)22-20(25)14-10-19(24)23(12-14)18-9-5-8-17(21)13(18)2/h4-9,11,14H,3,10,12H2,1-2H3,(H,22,25)/t14-/m0/s1. The first-order chi connectivity index (χ1) is 12.5. The topological polar surface area (TPSA) is 58.6 Å². The molecular weight excluding hydrogens is 352 g/mol. The van der Waals surface area contributed by atoms with E-state index in [1.165, 1.54) is 0 Å². The van der Waals surface area contributed by atoms with Gasteiger partial charge in [-0.05, 0) is 43.7 Å². The van der Waals surface area contributed by atoms with Crippen LogP contribution >= 0.6 is 11.6 Å². The van der Waals surface area contributed by atoms with E-state index >= 15 is 0 Å². The molecule has 1 aliphatic heterocycles. The first-order valence-corrected chi connectivity index (χ1v) is 8.96. The third-order valence-corrected chi connectivity index (χ3v) is 4.85. The van der Waals surface area contributed by atoms with Crippen molar-refractivity contribution in [2.24, 2.45) is 5.92 Å². The number of nitrogens with zero attached hydrogens (tertiary/aromatic N) is 1. The van der Waals surface area contributed by atoms with Gasteiger partial charge in [0.2, 0.25) is 11.8 Å². The van der Waals surface area contributed by atoms with Gasteiger partial charge in [-0.15, -0.1) is 0 Å². The molecule has 0 spiro atoms. The number of benzene rings is 2. The summed E-state index contributed by atoms with van der Waals surface area (Å²) in [5, 5.41) is 3.48. The van der Waals surface area contributed by atoms with Crippen molar-refractivity contribution in [3.63, 3.8) is 0 Å². The Hall–Kier alpha value is -2.53. The number of nitrogens with one attached hydrogen (secondary N) is 1. The number of hydrogen-bond donors (Lipinski definition) is 1. The van der Waals surface area contributed by atoms with E-state index in [0.29, 0.717) is 29.6 Å². The Morgan fingerprint density at radius 2 is 2.08 bits per heavy atom. The monoisotopic (exact) mass is 372 g/mol. The fourth-order valence-corrected chi connectivity index (χ4v) is 3.25. The summed E-state index contributed by atoms with van der Waals surface area (Å²) in [6, 6.07) is 12.7. The number of carbonyl (C=O) groups excluding carboxylic acids is 2. The Bertz CT molecular complexity index is 838. The van der Waals surface area contributed by atoms with E-state index in [-0.39, 0.29) is 18.2 Å². The van der Waals surface area contributed by atoms with Crippen molar-refractivity contribution >= 4 is 34.8 Å². The van der Waals surface area contributed by atoms with Gasteiger partial charge in [0.15, 0.2) is 0 Å². The zero-order valence-corrected chi connectivity index (χ0v) is 15.5. The van der Waals surface area contributed by atoms with Gasteiger partial charge in [0.1, 0.15) is 5.75 Å². The van der Waals surface area contributed by atoms with Gasteiger partial charge in [0, 0.05) is 35.4 Å². The van der Waals surface area contributed by atoms with Gasteiger partial charge >= 0.3 is 0 Å². The van der Waals surface area contributed by atoms with E-state index in [1.807, 2.05) is 38.1 Å². The number of anilines is 2. The average molecular weight is 373 g/mol. The van der Waals surface area contributed by atoms with E-state index in [1.54, 1.807) is 23.1 Å². The lowest BCUT2D eigenvalue weighted by atomic mass is 10.1. The Labute approximate surface area is 157 Å². The van der Waals surface area contributed by atoms with Crippen LogP contribution in [0.3, 0.4) is 0 Å². The molecule has 0 saturated carbocycles. The summed E-state index contributed by atoms with van der Waals surface area (Å²) >= 11 is 6.16. The molecule has 0 aromatic heterocycles. The van der Waals surface area contributed by atoms with Crippen molar-refractivity contribution in [3.8, 4) is 5.75 Å². The van der Waals surface area contributed by atoms with Crippen LogP contribution in [0.4, 0.5) is 11.4 Å². The number of hydrogen-bond acceptors (Lipinski definition) is 3. The Kier molecular flexibility index (Phi) is 5.47. The summed E-state index contributed by atoms with van der Waals surface area (Å²) in [4.78, 5) is 26.7. The van der Waals surface area contributed by atoms with E-state index in [0.717, 1.165) is 11.3 Å². The number of carbonyl (C=O) groups is 2. The summed E-state index contributed by atoms with van der Waals surface area (Å²) in [6.45, 7) is 4.68. The van der Waals surface area contributed by atoms with Crippen LogP contribution < -0.4 is 15.0 Å². The minimum Gasteiger partial charge on any atom is -0.494 e. The molecule has 1 N–H and O–H groups in total. The molecule has 2 amide bonds. The maximum Gasteiger partial charge on any atom is 0.229 e. The molecule has 2 aromatic carbocycles. The third kappa shape index (κ3) is 3.83. The van der Waals surface area contributed by atoms with Gasteiger partial charge in [0.05, 0.1) is 12.5 Å². The zero-order valence-electron chi connectivity index (χ0n) is 14.8. The second-order valence-corrected chi connectivity index (χ2v) is 6.65. The highest BCUT2D eigenvalue weighted by atomic mass is 35.5. The smallest absolute Gasteiger partial charge is 0.229 e. The van der Waals surface area contributed by atoms with E-state index in [9.17, 15) is 9.59 Å². The van der Waals surface area contributed by atoms with E-state index < -0.39 is 5.92 Å². The van der Waals surface area contributed by atoms with E-state index in [4.69, 9.17) is 16.3 Å². The second-order valence-electron chi connectivity index (χ2n) is 6.24. The molecule has 1 saturated heterocycles. The van der Waals surface area contributed by atoms with Gasteiger partial charge in [-0.1, -0.05) is 23.7 Å². The highest BCUT2D eigenvalue weighted by Crippen LogP contribution is 2.32. The zero-order chi connectivity index (χ0) is 18.7. The number of amides is 2. The van der Waals surface area contributed by atoms with Crippen LogP contribution in [0.2, 0.25) is 5.02 Å². The summed E-state index contributed by atoms with van der Waals surface area (Å²) in [5.41, 5.74) is 2.26. The average Bonchev–Trinajstić information content (AvgIpc) is 3.00. The highest BCUT2D eigenvalue weighted by molar-refractivity contribution is 6.31. The van der Waals surface area contributed by atoms with Gasteiger partial charge in [-0.2, -0.15) is 0 Å². The van der Waals surface area contributed by atoms with Gasteiger partial charge in [-0.25, -0.2) is 0 Å². The summed E-state index contributed by atoms with van der Waals surface area (Å²) < 4.78 is 5.44. The minimum absolute atomic E-state index is 0.0708. The summed E-state index contributed by atoms with van der Waals surface area (Å²) in [6.07, 6.45) is 0.183. The molecule has 1 heterocycles. The molecule has 1 atom stereocenters. The maximum atomic E-state index is 12.6. The Balaban J connectivity index is 1.71. The van der Waals surface area contributed by atoms with Crippen LogP contribution in [-0.2, 0) is 9.59 Å². The SMILES string of the molecule is CCOc1cccc(NC(=O)[C@H]2CC(=O)N(c3cccc(Cl)c3C)C2)c1. The molecule has 1 aliphatic rings. The predicted octanol–water partition coefficient (Wildman–Crippen LogP) is 4.04. The largest absolute Gasteiger partial charge is 0.494 e. The summed E-state index contributed by atoms with van der Waals surface area (Å²) in [7, 11) is 0. The molecule has 2 aromatic rings. The Morgan fingerprint density at radius 3 is 2.85 bits per heavy atom. The first-order valence-electron chi connectivity index (χ1n) is 8.58. The molecule has 6 heteroatoms. The van der Waals surface area contributed by atoms with Crippen molar-refractivity contribution in [2.75, 3.05) is 23.4 Å². The molecule has 0 bridgehead atoms. The molecule has 0 aliphatic carbocycles. The second kappa shape index (κ2) is 7.79. The lowest BCUT2D eigenvalue weighted by Crippen LogP contribution is -2.28. The molecule has 3 rings (SSSR count). The molecule has 1 fully saturated rings. The van der Waals surface area contributed by atoms with Crippen molar-refractivity contribution in [3.05, 3.63) is 53.1 Å². The molecule has 136 valence electrons. The first kappa shape index (κ1) is 18.3. The van der Waals surface area contributed by atoms with Crippen molar-refractivity contribution in [1.82, 2.24) is 0 Å². The van der Waals surface area contributed by atoms with Crippen LogP contribution in [-0.4, -0.2) is 25.0 Å². The number of ether oxygens (including phenoxy) is 1. The van der Waals surface area contributed by atoms with E-state index in [2.05, 4.69) is 5.32 Å². The lowest BCUT2D eigenvalue weighted by molar-refractivity contribution is -0.122. The van der Waals surface area contributed by atoms with Crippen molar-refractivity contribution < 1.29 is 14.3 Å². The van der Waals surface area contributed by atoms with Gasteiger partial charge in [0.25, 0.3) is 0 Å². The molecule has 0 unspecified atom stereocenters.